The largest absolute Gasteiger partial charge is 0.296 e. The summed E-state index contributed by atoms with van der Waals surface area (Å²) >= 11 is 1.37. The maximum Gasteiger partial charge on any atom is 0.277 e. The fraction of sp³-hybridized carbons (Fsp3) is 0.222. The highest BCUT2D eigenvalue weighted by Gasteiger charge is 2.14. The molecule has 6 nitrogen and oxygen atoms in total. The van der Waals surface area contributed by atoms with Crippen LogP contribution in [0.5, 0.6) is 0 Å². The van der Waals surface area contributed by atoms with Crippen molar-refractivity contribution >= 4 is 22.4 Å². The molecule has 1 aliphatic carbocycles. The Bertz CT molecular complexity index is 1020. The van der Waals surface area contributed by atoms with Gasteiger partial charge in [-0.25, -0.2) is 9.67 Å². The number of hydrogen-bond donors (Lipinski definition) is 1. The van der Waals surface area contributed by atoms with Gasteiger partial charge in [0.25, 0.3) is 11.5 Å². The second-order valence-electron chi connectivity index (χ2n) is 6.01. The average molecular weight is 352 g/mol. The molecule has 0 unspecified atom stereocenters. The van der Waals surface area contributed by atoms with Crippen LogP contribution in [0, 0.1) is 0 Å². The number of aromatic nitrogens is 3. The van der Waals surface area contributed by atoms with Crippen LogP contribution in [0.3, 0.4) is 0 Å². The second-order valence-corrected chi connectivity index (χ2v) is 6.87. The molecule has 2 aromatic heterocycles. The predicted octanol–water partition coefficient (Wildman–Crippen LogP) is 2.64. The zero-order chi connectivity index (χ0) is 17.4. The molecule has 7 heteroatoms. The van der Waals surface area contributed by atoms with Crippen molar-refractivity contribution in [3.8, 4) is 11.3 Å². The van der Waals surface area contributed by atoms with E-state index in [0.717, 1.165) is 28.8 Å². The number of carbonyl (C=O) groups excluding carboxylic acids is 1. The van der Waals surface area contributed by atoms with Gasteiger partial charge in [0.2, 0.25) is 0 Å². The summed E-state index contributed by atoms with van der Waals surface area (Å²) in [6.45, 7) is 0. The molecule has 1 aromatic carbocycles. The minimum atomic E-state index is -0.384. The van der Waals surface area contributed by atoms with Gasteiger partial charge in [-0.15, -0.1) is 11.3 Å². The Balaban J connectivity index is 1.54. The Morgan fingerprint density at radius 3 is 2.88 bits per heavy atom. The minimum absolute atomic E-state index is 0.177. The lowest BCUT2D eigenvalue weighted by molar-refractivity contribution is 0.102. The van der Waals surface area contributed by atoms with Crippen molar-refractivity contribution in [2.45, 2.75) is 19.3 Å². The Morgan fingerprint density at radius 2 is 2.04 bits per heavy atom. The van der Waals surface area contributed by atoms with Gasteiger partial charge in [0, 0.05) is 24.1 Å². The topological polar surface area (TPSA) is 76.9 Å². The van der Waals surface area contributed by atoms with E-state index >= 15 is 0 Å². The van der Waals surface area contributed by atoms with Crippen LogP contribution < -0.4 is 10.9 Å². The normalized spacial score (nSPS) is 12.8. The first kappa shape index (κ1) is 15.7. The molecule has 0 atom stereocenters. The third-order valence-corrected chi connectivity index (χ3v) is 5.07. The van der Waals surface area contributed by atoms with Crippen LogP contribution in [0.2, 0.25) is 0 Å². The van der Waals surface area contributed by atoms with Gasteiger partial charge in [-0.2, -0.15) is 5.10 Å². The van der Waals surface area contributed by atoms with Crippen LogP contribution >= 0.6 is 11.3 Å². The molecule has 0 bridgehead atoms. The molecule has 0 saturated heterocycles. The molecule has 1 amide bonds. The maximum atomic E-state index is 12.3. The van der Waals surface area contributed by atoms with Crippen LogP contribution in [0.25, 0.3) is 11.3 Å². The Kier molecular flexibility index (Phi) is 3.93. The van der Waals surface area contributed by atoms with Crippen molar-refractivity contribution in [2.75, 3.05) is 5.32 Å². The monoisotopic (exact) mass is 352 g/mol. The van der Waals surface area contributed by atoms with Crippen molar-refractivity contribution in [1.29, 1.82) is 0 Å². The van der Waals surface area contributed by atoms with Gasteiger partial charge in [-0.05, 0) is 42.5 Å². The number of thiazole rings is 1. The zero-order valence-electron chi connectivity index (χ0n) is 13.7. The number of amides is 1. The number of anilines is 1. The number of benzene rings is 1. The van der Waals surface area contributed by atoms with E-state index in [2.05, 4.69) is 33.6 Å². The van der Waals surface area contributed by atoms with Gasteiger partial charge in [0.1, 0.15) is 5.69 Å². The summed E-state index contributed by atoms with van der Waals surface area (Å²) in [5.41, 5.74) is 4.65. The van der Waals surface area contributed by atoms with Gasteiger partial charge in [0.05, 0.1) is 5.69 Å². The summed E-state index contributed by atoms with van der Waals surface area (Å²) in [5, 5.41) is 9.12. The molecule has 1 aliphatic rings. The lowest BCUT2D eigenvalue weighted by Gasteiger charge is -2.03. The third-order valence-electron chi connectivity index (χ3n) is 4.31. The summed E-state index contributed by atoms with van der Waals surface area (Å²) in [7, 11) is 1.51. The lowest BCUT2D eigenvalue weighted by Crippen LogP contribution is -2.23. The number of nitrogens with one attached hydrogen (secondary N) is 1. The van der Waals surface area contributed by atoms with E-state index in [4.69, 9.17) is 0 Å². The molecule has 25 heavy (non-hydrogen) atoms. The van der Waals surface area contributed by atoms with Crippen molar-refractivity contribution < 1.29 is 4.79 Å². The Labute approximate surface area is 148 Å². The molecule has 0 saturated carbocycles. The van der Waals surface area contributed by atoms with Crippen LogP contribution in [-0.2, 0) is 19.9 Å². The number of fused-ring (bicyclic) bond motifs is 1. The molecular formula is C18H16N4O2S. The summed E-state index contributed by atoms with van der Waals surface area (Å²) in [6, 6.07) is 9.17. The minimum Gasteiger partial charge on any atom is -0.296 e. The molecule has 0 fully saturated rings. The van der Waals surface area contributed by atoms with E-state index in [-0.39, 0.29) is 17.2 Å². The van der Waals surface area contributed by atoms with Gasteiger partial charge >= 0.3 is 0 Å². The molecular weight excluding hydrogens is 336 g/mol. The maximum absolute atomic E-state index is 12.3. The Morgan fingerprint density at radius 1 is 1.20 bits per heavy atom. The van der Waals surface area contributed by atoms with Gasteiger partial charge in [-0.1, -0.05) is 12.1 Å². The van der Waals surface area contributed by atoms with Crippen LogP contribution in [0.1, 0.15) is 28.0 Å². The predicted molar refractivity (Wildman–Crippen MR) is 97.0 cm³/mol. The first-order valence-electron chi connectivity index (χ1n) is 8.03. The highest BCUT2D eigenvalue weighted by Crippen LogP contribution is 2.30. The van der Waals surface area contributed by atoms with E-state index in [0.29, 0.717) is 5.13 Å². The zero-order valence-corrected chi connectivity index (χ0v) is 14.5. The van der Waals surface area contributed by atoms with Crippen LogP contribution in [0.4, 0.5) is 5.13 Å². The molecule has 2 heterocycles. The van der Waals surface area contributed by atoms with Crippen LogP contribution in [-0.4, -0.2) is 20.7 Å². The van der Waals surface area contributed by atoms with Crippen molar-refractivity contribution in [2.24, 2.45) is 7.05 Å². The first-order valence-corrected chi connectivity index (χ1v) is 8.91. The van der Waals surface area contributed by atoms with Crippen molar-refractivity contribution in [3.63, 3.8) is 0 Å². The van der Waals surface area contributed by atoms with Crippen LogP contribution in [0.15, 0.2) is 40.5 Å². The van der Waals surface area contributed by atoms with Crippen molar-refractivity contribution in [3.05, 3.63) is 62.9 Å². The molecule has 3 aromatic rings. The number of aryl methyl sites for hydroxylation is 3. The smallest absolute Gasteiger partial charge is 0.277 e. The summed E-state index contributed by atoms with van der Waals surface area (Å²) < 4.78 is 1.13. The fourth-order valence-electron chi connectivity index (χ4n) is 2.98. The number of carbonyl (C=O) groups is 1. The summed E-state index contributed by atoms with van der Waals surface area (Å²) in [6.07, 6.45) is 3.49. The summed E-state index contributed by atoms with van der Waals surface area (Å²) in [4.78, 5) is 28.1. The third kappa shape index (κ3) is 3.10. The standard InChI is InChI=1S/C18H16N4O2S/c1-22-16(23)8-7-14(21-22)17(24)20-18-19-15(10-25-18)13-6-5-11-3-2-4-12(11)9-13/h5-10H,2-4H2,1H3,(H,19,20,24). The highest BCUT2D eigenvalue weighted by molar-refractivity contribution is 7.14. The molecule has 0 spiro atoms. The van der Waals surface area contributed by atoms with Gasteiger partial charge < -0.3 is 0 Å². The molecule has 0 aliphatic heterocycles. The lowest BCUT2D eigenvalue weighted by atomic mass is 10.1. The van der Waals surface area contributed by atoms with Gasteiger partial charge in [0.15, 0.2) is 5.13 Å². The van der Waals surface area contributed by atoms with E-state index in [1.165, 1.54) is 48.1 Å². The molecule has 1 N–H and O–H groups in total. The van der Waals surface area contributed by atoms with Crippen molar-refractivity contribution in [1.82, 2.24) is 14.8 Å². The van der Waals surface area contributed by atoms with E-state index < -0.39 is 0 Å². The Hall–Kier alpha value is -2.80. The SMILES string of the molecule is Cn1nc(C(=O)Nc2nc(-c3ccc4c(c3)CCC4)cs2)ccc1=O. The van der Waals surface area contributed by atoms with E-state index in [1.54, 1.807) is 0 Å². The fourth-order valence-corrected chi connectivity index (χ4v) is 3.69. The quantitative estimate of drug-likeness (QED) is 0.786. The second kappa shape index (κ2) is 6.25. The van der Waals surface area contributed by atoms with E-state index in [9.17, 15) is 9.59 Å². The molecule has 4 rings (SSSR count). The number of nitrogens with zero attached hydrogens (tertiary/aromatic N) is 3. The first-order chi connectivity index (χ1) is 12.1. The average Bonchev–Trinajstić information content (AvgIpc) is 3.25. The number of rotatable bonds is 3. The summed E-state index contributed by atoms with van der Waals surface area (Å²) in [5.74, 6) is -0.384. The number of hydrogen-bond acceptors (Lipinski definition) is 5. The van der Waals surface area contributed by atoms with Gasteiger partial charge in [-0.3, -0.25) is 14.9 Å². The highest BCUT2D eigenvalue weighted by atomic mass is 32.1. The molecule has 126 valence electrons. The molecule has 0 radical (unpaired) electrons. The van der Waals surface area contributed by atoms with E-state index in [1.807, 2.05) is 5.38 Å².